The van der Waals surface area contributed by atoms with E-state index in [0.717, 1.165) is 27.3 Å². The molecule has 4 nitrogen and oxygen atoms in total. The van der Waals surface area contributed by atoms with E-state index in [1.165, 1.54) is 0 Å². The van der Waals surface area contributed by atoms with Crippen LogP contribution in [0.15, 0.2) is 22.7 Å². The Bertz CT molecular complexity index is 568. The molecule has 17 heavy (non-hydrogen) atoms. The molecule has 0 aliphatic heterocycles. The van der Waals surface area contributed by atoms with E-state index in [1.807, 2.05) is 25.1 Å². The number of rotatable bonds is 2. The lowest BCUT2D eigenvalue weighted by Crippen LogP contribution is -2.12. The Morgan fingerprint density at radius 1 is 1.41 bits per heavy atom. The third-order valence-corrected chi connectivity index (χ3v) is 3.61. The van der Waals surface area contributed by atoms with Gasteiger partial charge in [-0.3, -0.25) is 4.79 Å². The average Bonchev–Trinajstić information content (AvgIpc) is 2.68. The number of amides is 1. The van der Waals surface area contributed by atoms with Crippen molar-refractivity contribution in [2.24, 2.45) is 0 Å². The van der Waals surface area contributed by atoms with Gasteiger partial charge in [0, 0.05) is 10.2 Å². The van der Waals surface area contributed by atoms with Crippen LogP contribution in [0.1, 0.15) is 20.9 Å². The standard InChI is InChI=1S/C11H10BrN3OS/c1-6-5-8(12)3-4-9(6)13-11(16)10-7(2)14-15-17-10/h3-5H,1-2H3,(H,13,16). The molecular weight excluding hydrogens is 302 g/mol. The zero-order chi connectivity index (χ0) is 12.4. The molecule has 1 amide bonds. The number of nitrogens with one attached hydrogen (secondary N) is 1. The van der Waals surface area contributed by atoms with E-state index in [4.69, 9.17) is 0 Å². The van der Waals surface area contributed by atoms with Crippen LogP contribution in [0.4, 0.5) is 5.69 Å². The van der Waals surface area contributed by atoms with E-state index in [1.54, 1.807) is 6.92 Å². The minimum atomic E-state index is -0.164. The highest BCUT2D eigenvalue weighted by atomic mass is 79.9. The number of halogens is 1. The second-order valence-corrected chi connectivity index (χ2v) is 5.27. The van der Waals surface area contributed by atoms with Gasteiger partial charge >= 0.3 is 0 Å². The summed E-state index contributed by atoms with van der Waals surface area (Å²) in [5, 5.41) is 6.67. The first-order valence-electron chi connectivity index (χ1n) is 4.94. The van der Waals surface area contributed by atoms with Crippen LogP contribution in [0.2, 0.25) is 0 Å². The van der Waals surface area contributed by atoms with Crippen molar-refractivity contribution in [3.8, 4) is 0 Å². The fourth-order valence-electron chi connectivity index (χ4n) is 1.39. The second kappa shape index (κ2) is 4.93. The number of aromatic nitrogens is 2. The molecule has 0 saturated heterocycles. The maximum Gasteiger partial charge on any atom is 0.269 e. The largest absolute Gasteiger partial charge is 0.321 e. The maximum atomic E-state index is 11.9. The molecule has 88 valence electrons. The van der Waals surface area contributed by atoms with Crippen LogP contribution in [0.25, 0.3) is 0 Å². The SMILES string of the molecule is Cc1cc(Br)ccc1NC(=O)c1snnc1C. The lowest BCUT2D eigenvalue weighted by Gasteiger charge is -2.07. The topological polar surface area (TPSA) is 54.9 Å². The summed E-state index contributed by atoms with van der Waals surface area (Å²) in [4.78, 5) is 12.5. The molecule has 0 unspecified atom stereocenters. The lowest BCUT2D eigenvalue weighted by atomic mass is 10.2. The fraction of sp³-hybridized carbons (Fsp3) is 0.182. The minimum Gasteiger partial charge on any atom is -0.321 e. The van der Waals surface area contributed by atoms with E-state index in [0.29, 0.717) is 10.6 Å². The third kappa shape index (κ3) is 2.70. The molecule has 0 saturated carbocycles. The fourth-order valence-corrected chi connectivity index (χ4v) is 2.41. The summed E-state index contributed by atoms with van der Waals surface area (Å²) in [6.45, 7) is 3.71. The van der Waals surface area contributed by atoms with Crippen LogP contribution in [0.5, 0.6) is 0 Å². The number of carbonyl (C=O) groups excluding carboxylic acids is 1. The Kier molecular flexibility index (Phi) is 3.54. The summed E-state index contributed by atoms with van der Waals surface area (Å²) in [7, 11) is 0. The number of nitrogens with zero attached hydrogens (tertiary/aromatic N) is 2. The normalized spacial score (nSPS) is 10.3. The maximum absolute atomic E-state index is 11.9. The van der Waals surface area contributed by atoms with Crippen molar-refractivity contribution in [2.45, 2.75) is 13.8 Å². The quantitative estimate of drug-likeness (QED) is 0.926. The van der Waals surface area contributed by atoms with Crippen LogP contribution in [0.3, 0.4) is 0 Å². The molecule has 1 aromatic carbocycles. The van der Waals surface area contributed by atoms with Gasteiger partial charge in [0.2, 0.25) is 0 Å². The summed E-state index contributed by atoms with van der Waals surface area (Å²) < 4.78 is 4.73. The molecule has 0 atom stereocenters. The highest BCUT2D eigenvalue weighted by Crippen LogP contribution is 2.21. The van der Waals surface area contributed by atoms with Crippen molar-refractivity contribution >= 4 is 39.1 Å². The van der Waals surface area contributed by atoms with Crippen molar-refractivity contribution in [2.75, 3.05) is 5.32 Å². The highest BCUT2D eigenvalue weighted by molar-refractivity contribution is 9.10. The smallest absolute Gasteiger partial charge is 0.269 e. The van der Waals surface area contributed by atoms with Crippen LogP contribution in [-0.4, -0.2) is 15.5 Å². The molecule has 1 aromatic heterocycles. The van der Waals surface area contributed by atoms with E-state index < -0.39 is 0 Å². The van der Waals surface area contributed by atoms with Gasteiger partial charge in [-0.1, -0.05) is 20.4 Å². The van der Waals surface area contributed by atoms with Gasteiger partial charge in [-0.05, 0) is 49.1 Å². The van der Waals surface area contributed by atoms with Gasteiger partial charge < -0.3 is 5.32 Å². The van der Waals surface area contributed by atoms with E-state index in [9.17, 15) is 4.79 Å². The van der Waals surface area contributed by atoms with E-state index >= 15 is 0 Å². The number of carbonyl (C=O) groups is 1. The van der Waals surface area contributed by atoms with Gasteiger partial charge in [0.15, 0.2) is 0 Å². The molecule has 0 spiro atoms. The average molecular weight is 312 g/mol. The number of benzene rings is 1. The van der Waals surface area contributed by atoms with Crippen LogP contribution < -0.4 is 5.32 Å². The second-order valence-electron chi connectivity index (χ2n) is 3.60. The van der Waals surface area contributed by atoms with Crippen molar-refractivity contribution < 1.29 is 4.79 Å². The van der Waals surface area contributed by atoms with Crippen molar-refractivity contribution in [3.05, 3.63) is 38.8 Å². The Balaban J connectivity index is 2.22. The van der Waals surface area contributed by atoms with Crippen molar-refractivity contribution in [1.82, 2.24) is 9.59 Å². The van der Waals surface area contributed by atoms with Gasteiger partial charge in [0.1, 0.15) is 4.88 Å². The Labute approximate surface area is 111 Å². The minimum absolute atomic E-state index is 0.164. The Morgan fingerprint density at radius 2 is 2.18 bits per heavy atom. The molecule has 0 fully saturated rings. The molecule has 6 heteroatoms. The summed E-state index contributed by atoms with van der Waals surface area (Å²) in [5.74, 6) is -0.164. The number of hydrogen-bond donors (Lipinski definition) is 1. The molecule has 0 bridgehead atoms. The predicted octanol–water partition coefficient (Wildman–Crippen LogP) is 3.17. The van der Waals surface area contributed by atoms with E-state index in [2.05, 4.69) is 30.8 Å². The van der Waals surface area contributed by atoms with Crippen LogP contribution in [0, 0.1) is 13.8 Å². The summed E-state index contributed by atoms with van der Waals surface area (Å²) in [6, 6.07) is 5.70. The molecule has 1 heterocycles. The molecule has 1 N–H and O–H groups in total. The van der Waals surface area contributed by atoms with Crippen molar-refractivity contribution in [3.63, 3.8) is 0 Å². The van der Waals surface area contributed by atoms with Gasteiger partial charge in [-0.2, -0.15) is 0 Å². The van der Waals surface area contributed by atoms with Gasteiger partial charge in [0.05, 0.1) is 5.69 Å². The molecular formula is C11H10BrN3OS. The predicted molar refractivity (Wildman–Crippen MR) is 71.5 cm³/mol. The lowest BCUT2D eigenvalue weighted by molar-refractivity contribution is 0.102. The molecule has 0 aliphatic carbocycles. The molecule has 2 aromatic rings. The number of aryl methyl sites for hydroxylation is 2. The van der Waals surface area contributed by atoms with Crippen molar-refractivity contribution in [1.29, 1.82) is 0 Å². The van der Waals surface area contributed by atoms with Crippen LogP contribution in [-0.2, 0) is 0 Å². The monoisotopic (exact) mass is 311 g/mol. The zero-order valence-electron chi connectivity index (χ0n) is 9.32. The Morgan fingerprint density at radius 3 is 2.76 bits per heavy atom. The first kappa shape index (κ1) is 12.2. The summed E-state index contributed by atoms with van der Waals surface area (Å²) in [5.41, 5.74) is 2.45. The Hall–Kier alpha value is -1.27. The molecule has 0 aliphatic rings. The van der Waals surface area contributed by atoms with Gasteiger partial charge in [0.25, 0.3) is 5.91 Å². The summed E-state index contributed by atoms with van der Waals surface area (Å²) in [6.07, 6.45) is 0. The molecule has 0 radical (unpaired) electrons. The van der Waals surface area contributed by atoms with Crippen LogP contribution >= 0.6 is 27.5 Å². The van der Waals surface area contributed by atoms with Gasteiger partial charge in [-0.25, -0.2) is 0 Å². The zero-order valence-corrected chi connectivity index (χ0v) is 11.7. The first-order valence-corrected chi connectivity index (χ1v) is 6.51. The highest BCUT2D eigenvalue weighted by Gasteiger charge is 2.13. The summed E-state index contributed by atoms with van der Waals surface area (Å²) >= 11 is 4.49. The van der Waals surface area contributed by atoms with Gasteiger partial charge in [-0.15, -0.1) is 5.10 Å². The van der Waals surface area contributed by atoms with E-state index in [-0.39, 0.29) is 5.91 Å². The first-order chi connectivity index (χ1) is 8.08. The molecule has 2 rings (SSSR count). The number of anilines is 1. The third-order valence-electron chi connectivity index (χ3n) is 2.29. The number of hydrogen-bond acceptors (Lipinski definition) is 4.